The number of carbonyl (C=O) groups is 1. The van der Waals surface area contributed by atoms with Crippen LogP contribution in [-0.4, -0.2) is 23.9 Å². The molecule has 0 aliphatic carbocycles. The van der Waals surface area contributed by atoms with Gasteiger partial charge in [-0.2, -0.15) is 0 Å². The highest BCUT2D eigenvalue weighted by molar-refractivity contribution is 6.30. The number of amides is 1. The Labute approximate surface area is 87.8 Å². The Morgan fingerprint density at radius 2 is 1.71 bits per heavy atom. The van der Waals surface area contributed by atoms with Crippen molar-refractivity contribution in [3.05, 3.63) is 47.0 Å². The fourth-order valence-corrected chi connectivity index (χ4v) is 1.54. The summed E-state index contributed by atoms with van der Waals surface area (Å²) in [5, 5.41) is 0.654. The molecule has 0 saturated carbocycles. The minimum atomic E-state index is 0.0617. The standard InChI is InChI=1S/C11H10ClNO/c12-10-5-3-9(4-6-10)11(14)13-7-1-2-8-13/h1-6H,7-8H2. The van der Waals surface area contributed by atoms with Crippen LogP contribution in [0.25, 0.3) is 0 Å². The van der Waals surface area contributed by atoms with Gasteiger partial charge in [0.2, 0.25) is 0 Å². The summed E-state index contributed by atoms with van der Waals surface area (Å²) in [6.45, 7) is 1.42. The maximum Gasteiger partial charge on any atom is 0.254 e. The predicted octanol–water partition coefficient (Wildman–Crippen LogP) is 2.35. The molecule has 3 heteroatoms. The first-order valence-electron chi connectivity index (χ1n) is 4.47. The van der Waals surface area contributed by atoms with E-state index in [1.165, 1.54) is 0 Å². The van der Waals surface area contributed by atoms with Gasteiger partial charge < -0.3 is 4.90 Å². The van der Waals surface area contributed by atoms with E-state index < -0.39 is 0 Å². The molecule has 0 unspecified atom stereocenters. The van der Waals surface area contributed by atoms with Gasteiger partial charge in [-0.25, -0.2) is 0 Å². The first-order chi connectivity index (χ1) is 6.77. The minimum absolute atomic E-state index is 0.0617. The van der Waals surface area contributed by atoms with Crippen molar-refractivity contribution in [3.8, 4) is 0 Å². The van der Waals surface area contributed by atoms with E-state index in [0.717, 1.165) is 0 Å². The fourth-order valence-electron chi connectivity index (χ4n) is 1.42. The molecule has 1 aromatic carbocycles. The van der Waals surface area contributed by atoms with Gasteiger partial charge in [-0.3, -0.25) is 4.79 Å². The molecule has 0 aromatic heterocycles. The Balaban J connectivity index is 2.14. The third-order valence-corrected chi connectivity index (χ3v) is 2.45. The van der Waals surface area contributed by atoms with E-state index in [-0.39, 0.29) is 5.91 Å². The van der Waals surface area contributed by atoms with Gasteiger partial charge in [-0.15, -0.1) is 0 Å². The van der Waals surface area contributed by atoms with Crippen LogP contribution in [0.2, 0.25) is 5.02 Å². The van der Waals surface area contributed by atoms with Crippen LogP contribution in [0.5, 0.6) is 0 Å². The molecule has 72 valence electrons. The first kappa shape index (κ1) is 9.28. The lowest BCUT2D eigenvalue weighted by Gasteiger charge is -2.14. The highest BCUT2D eigenvalue weighted by Gasteiger charge is 2.15. The summed E-state index contributed by atoms with van der Waals surface area (Å²) >= 11 is 5.74. The van der Waals surface area contributed by atoms with Crippen molar-refractivity contribution < 1.29 is 4.79 Å². The summed E-state index contributed by atoms with van der Waals surface area (Å²) in [7, 11) is 0. The average molecular weight is 208 g/mol. The summed E-state index contributed by atoms with van der Waals surface area (Å²) in [5.74, 6) is 0.0617. The number of rotatable bonds is 1. The summed E-state index contributed by atoms with van der Waals surface area (Å²) in [4.78, 5) is 13.6. The zero-order valence-corrected chi connectivity index (χ0v) is 8.37. The quantitative estimate of drug-likeness (QED) is 0.648. The van der Waals surface area contributed by atoms with Gasteiger partial charge in [0, 0.05) is 23.7 Å². The molecule has 1 heterocycles. The molecule has 1 aliphatic rings. The second-order valence-corrected chi connectivity index (χ2v) is 3.62. The molecule has 0 saturated heterocycles. The Kier molecular flexibility index (Phi) is 2.55. The molecule has 1 amide bonds. The maximum absolute atomic E-state index is 11.8. The van der Waals surface area contributed by atoms with Gasteiger partial charge in [-0.05, 0) is 24.3 Å². The molecule has 1 aliphatic heterocycles. The normalized spacial score (nSPS) is 14.8. The Morgan fingerprint density at radius 1 is 1.14 bits per heavy atom. The van der Waals surface area contributed by atoms with Crippen molar-refractivity contribution >= 4 is 17.5 Å². The zero-order valence-electron chi connectivity index (χ0n) is 7.61. The Hall–Kier alpha value is -1.28. The lowest BCUT2D eigenvalue weighted by atomic mass is 10.2. The van der Waals surface area contributed by atoms with Gasteiger partial charge in [0.1, 0.15) is 0 Å². The Morgan fingerprint density at radius 3 is 2.29 bits per heavy atom. The molecule has 14 heavy (non-hydrogen) atoms. The zero-order chi connectivity index (χ0) is 9.97. The van der Waals surface area contributed by atoms with E-state index in [1.54, 1.807) is 29.2 Å². The number of nitrogens with zero attached hydrogens (tertiary/aromatic N) is 1. The van der Waals surface area contributed by atoms with Crippen molar-refractivity contribution in [3.63, 3.8) is 0 Å². The van der Waals surface area contributed by atoms with Gasteiger partial charge in [0.25, 0.3) is 5.91 Å². The summed E-state index contributed by atoms with van der Waals surface area (Å²) in [6.07, 6.45) is 3.99. The van der Waals surface area contributed by atoms with E-state index in [2.05, 4.69) is 0 Å². The van der Waals surface area contributed by atoms with Crippen molar-refractivity contribution in [1.82, 2.24) is 4.90 Å². The smallest absolute Gasteiger partial charge is 0.254 e. The van der Waals surface area contributed by atoms with E-state index in [9.17, 15) is 4.79 Å². The van der Waals surface area contributed by atoms with Gasteiger partial charge in [0.15, 0.2) is 0 Å². The topological polar surface area (TPSA) is 20.3 Å². The van der Waals surface area contributed by atoms with Crippen LogP contribution in [0.4, 0.5) is 0 Å². The van der Waals surface area contributed by atoms with Gasteiger partial charge >= 0.3 is 0 Å². The summed E-state index contributed by atoms with van der Waals surface area (Å²) < 4.78 is 0. The van der Waals surface area contributed by atoms with Crippen LogP contribution in [0.15, 0.2) is 36.4 Å². The number of benzene rings is 1. The molecule has 2 nitrogen and oxygen atoms in total. The maximum atomic E-state index is 11.8. The molecule has 0 radical (unpaired) electrons. The van der Waals surface area contributed by atoms with E-state index >= 15 is 0 Å². The van der Waals surface area contributed by atoms with Crippen molar-refractivity contribution in [2.24, 2.45) is 0 Å². The predicted molar refractivity (Wildman–Crippen MR) is 56.5 cm³/mol. The Bertz CT molecular complexity index is 361. The van der Waals surface area contributed by atoms with Gasteiger partial charge in [0.05, 0.1) is 0 Å². The highest BCUT2D eigenvalue weighted by atomic mass is 35.5. The van der Waals surface area contributed by atoms with E-state index in [4.69, 9.17) is 11.6 Å². The van der Waals surface area contributed by atoms with Crippen molar-refractivity contribution in [2.75, 3.05) is 13.1 Å². The molecular weight excluding hydrogens is 198 g/mol. The lowest BCUT2D eigenvalue weighted by molar-refractivity contribution is 0.0800. The minimum Gasteiger partial charge on any atom is -0.331 e. The van der Waals surface area contributed by atoms with Gasteiger partial charge in [-0.1, -0.05) is 23.8 Å². The third kappa shape index (κ3) is 1.80. The first-order valence-corrected chi connectivity index (χ1v) is 4.85. The molecule has 0 spiro atoms. The molecule has 1 aromatic rings. The van der Waals surface area contributed by atoms with Crippen LogP contribution in [0.3, 0.4) is 0 Å². The number of hydrogen-bond acceptors (Lipinski definition) is 1. The molecule has 0 atom stereocenters. The molecule has 0 N–H and O–H groups in total. The van der Waals surface area contributed by atoms with E-state index in [0.29, 0.717) is 23.7 Å². The monoisotopic (exact) mass is 207 g/mol. The summed E-state index contributed by atoms with van der Waals surface area (Å²) in [6, 6.07) is 6.97. The van der Waals surface area contributed by atoms with Crippen LogP contribution in [0, 0.1) is 0 Å². The van der Waals surface area contributed by atoms with Crippen molar-refractivity contribution in [2.45, 2.75) is 0 Å². The fraction of sp³-hybridized carbons (Fsp3) is 0.182. The van der Waals surface area contributed by atoms with Crippen molar-refractivity contribution in [1.29, 1.82) is 0 Å². The van der Waals surface area contributed by atoms with Crippen LogP contribution in [-0.2, 0) is 0 Å². The molecular formula is C11H10ClNO. The number of carbonyl (C=O) groups excluding carboxylic acids is 1. The van der Waals surface area contributed by atoms with Crippen LogP contribution < -0.4 is 0 Å². The number of halogens is 1. The second kappa shape index (κ2) is 3.84. The lowest BCUT2D eigenvalue weighted by Crippen LogP contribution is -2.28. The molecule has 2 rings (SSSR count). The third-order valence-electron chi connectivity index (χ3n) is 2.20. The van der Waals surface area contributed by atoms with Crippen LogP contribution in [0.1, 0.15) is 10.4 Å². The largest absolute Gasteiger partial charge is 0.331 e. The highest BCUT2D eigenvalue weighted by Crippen LogP contribution is 2.12. The SMILES string of the molecule is O=C(c1ccc(Cl)cc1)N1CC=CC1. The van der Waals surface area contributed by atoms with Crippen LogP contribution >= 0.6 is 11.6 Å². The second-order valence-electron chi connectivity index (χ2n) is 3.19. The average Bonchev–Trinajstić information content (AvgIpc) is 2.71. The molecule has 0 fully saturated rings. The summed E-state index contributed by atoms with van der Waals surface area (Å²) in [5.41, 5.74) is 0.693. The number of hydrogen-bond donors (Lipinski definition) is 0. The molecule has 0 bridgehead atoms. The van der Waals surface area contributed by atoms with E-state index in [1.807, 2.05) is 12.2 Å².